The molecule has 1 N–H and O–H groups in total. The lowest BCUT2D eigenvalue weighted by molar-refractivity contribution is 0.0686. The Kier molecular flexibility index (Phi) is 3.45. The smallest absolute Gasteiger partial charge is 0.0249 e. The molecule has 0 spiro atoms. The molecular formula is C12H24N2. The van der Waals surface area contributed by atoms with Crippen molar-refractivity contribution >= 4 is 0 Å². The molecule has 2 aliphatic carbocycles. The molecule has 0 aromatic rings. The number of likely N-dealkylation sites (N-methyl/N-ethyl adjacent to an activating group) is 2. The summed E-state index contributed by atoms with van der Waals surface area (Å²) in [6, 6.07) is 2.45. The van der Waals surface area contributed by atoms with E-state index < -0.39 is 0 Å². The van der Waals surface area contributed by atoms with Crippen LogP contribution in [-0.2, 0) is 0 Å². The van der Waals surface area contributed by atoms with E-state index in [-0.39, 0.29) is 0 Å². The minimum absolute atomic E-state index is 0.745. The Morgan fingerprint density at radius 3 is 2.29 bits per heavy atom. The average Bonchev–Trinajstić information content (AvgIpc) is 2.15. The summed E-state index contributed by atoms with van der Waals surface area (Å²) in [6.45, 7) is 0. The van der Waals surface area contributed by atoms with Crippen molar-refractivity contribution in [3.63, 3.8) is 0 Å². The zero-order chi connectivity index (χ0) is 9.97. The Hall–Kier alpha value is -0.0800. The van der Waals surface area contributed by atoms with E-state index in [1.54, 1.807) is 0 Å². The molecule has 2 heteroatoms. The van der Waals surface area contributed by atoms with Crippen molar-refractivity contribution in [3.05, 3.63) is 0 Å². The van der Waals surface area contributed by atoms with Crippen molar-refractivity contribution in [1.29, 1.82) is 0 Å². The molecule has 0 aliphatic heterocycles. The topological polar surface area (TPSA) is 15.3 Å². The molecule has 2 aliphatic rings. The molecule has 2 saturated carbocycles. The fourth-order valence-corrected chi connectivity index (χ4v) is 3.00. The highest BCUT2D eigenvalue weighted by Crippen LogP contribution is 2.30. The van der Waals surface area contributed by atoms with Gasteiger partial charge in [0.1, 0.15) is 0 Å². The van der Waals surface area contributed by atoms with E-state index in [0.29, 0.717) is 0 Å². The maximum absolute atomic E-state index is 3.50. The van der Waals surface area contributed by atoms with Gasteiger partial charge in [-0.1, -0.05) is 19.3 Å². The standard InChI is InChI=1S/C12H24N2/c1-13-11-8-3-4-9-12(11)14(2)10-6-5-7-10/h10-13H,3-9H2,1-2H3/t11-,12-/m0/s1. The predicted molar refractivity (Wildman–Crippen MR) is 60.5 cm³/mol. The highest BCUT2D eigenvalue weighted by atomic mass is 15.2. The lowest BCUT2D eigenvalue weighted by Gasteiger charge is -2.45. The van der Waals surface area contributed by atoms with E-state index in [0.717, 1.165) is 18.1 Å². The van der Waals surface area contributed by atoms with Crippen molar-refractivity contribution < 1.29 is 0 Å². The molecule has 2 fully saturated rings. The number of nitrogens with zero attached hydrogens (tertiary/aromatic N) is 1. The van der Waals surface area contributed by atoms with Crippen LogP contribution in [0.5, 0.6) is 0 Å². The predicted octanol–water partition coefficient (Wildman–Crippen LogP) is 2.00. The summed E-state index contributed by atoms with van der Waals surface area (Å²) in [6.07, 6.45) is 9.94. The minimum atomic E-state index is 0.745. The third-order valence-electron chi connectivity index (χ3n) is 4.27. The second kappa shape index (κ2) is 4.63. The van der Waals surface area contributed by atoms with E-state index in [4.69, 9.17) is 0 Å². The van der Waals surface area contributed by atoms with Crippen molar-refractivity contribution in [2.75, 3.05) is 14.1 Å². The van der Waals surface area contributed by atoms with Crippen molar-refractivity contribution in [2.45, 2.75) is 63.1 Å². The molecule has 0 aromatic carbocycles. The molecule has 2 nitrogen and oxygen atoms in total. The molecule has 0 saturated heterocycles. The molecule has 14 heavy (non-hydrogen) atoms. The summed E-state index contributed by atoms with van der Waals surface area (Å²) in [7, 11) is 4.46. The fourth-order valence-electron chi connectivity index (χ4n) is 3.00. The first-order valence-electron chi connectivity index (χ1n) is 6.22. The van der Waals surface area contributed by atoms with E-state index in [1.807, 2.05) is 0 Å². The molecule has 0 heterocycles. The first kappa shape index (κ1) is 10.4. The van der Waals surface area contributed by atoms with Crippen LogP contribution < -0.4 is 5.32 Å². The summed E-state index contributed by atoms with van der Waals surface area (Å²) in [5, 5.41) is 3.50. The normalized spacial score (nSPS) is 34.5. The molecule has 0 aromatic heterocycles. The maximum Gasteiger partial charge on any atom is 0.0249 e. The summed E-state index contributed by atoms with van der Waals surface area (Å²) in [4.78, 5) is 2.66. The van der Waals surface area contributed by atoms with Crippen LogP contribution in [0.4, 0.5) is 0 Å². The van der Waals surface area contributed by atoms with Gasteiger partial charge >= 0.3 is 0 Å². The fraction of sp³-hybridized carbons (Fsp3) is 1.00. The summed E-state index contributed by atoms with van der Waals surface area (Å²) in [5.74, 6) is 0. The zero-order valence-electron chi connectivity index (χ0n) is 9.63. The third-order valence-corrected chi connectivity index (χ3v) is 4.27. The Morgan fingerprint density at radius 2 is 1.71 bits per heavy atom. The first-order valence-corrected chi connectivity index (χ1v) is 6.22. The Bertz CT molecular complexity index is 177. The van der Waals surface area contributed by atoms with Gasteiger partial charge in [0.15, 0.2) is 0 Å². The molecule has 2 atom stereocenters. The first-order chi connectivity index (χ1) is 6.83. The number of hydrogen-bond donors (Lipinski definition) is 1. The monoisotopic (exact) mass is 196 g/mol. The van der Waals surface area contributed by atoms with Gasteiger partial charge in [0.05, 0.1) is 0 Å². The van der Waals surface area contributed by atoms with Gasteiger partial charge in [-0.15, -0.1) is 0 Å². The lowest BCUT2D eigenvalue weighted by Crippen LogP contribution is -2.54. The van der Waals surface area contributed by atoms with Gasteiger partial charge in [-0.2, -0.15) is 0 Å². The van der Waals surface area contributed by atoms with Crippen LogP contribution in [0.15, 0.2) is 0 Å². The molecular weight excluding hydrogens is 172 g/mol. The van der Waals surface area contributed by atoms with Gasteiger partial charge < -0.3 is 5.32 Å². The van der Waals surface area contributed by atoms with Crippen molar-refractivity contribution in [3.8, 4) is 0 Å². The van der Waals surface area contributed by atoms with Crippen LogP contribution in [0.1, 0.15) is 44.9 Å². The van der Waals surface area contributed by atoms with E-state index in [2.05, 4.69) is 24.3 Å². The van der Waals surface area contributed by atoms with Crippen LogP contribution in [0.25, 0.3) is 0 Å². The van der Waals surface area contributed by atoms with Gasteiger partial charge in [-0.25, -0.2) is 0 Å². The van der Waals surface area contributed by atoms with Crippen LogP contribution in [-0.4, -0.2) is 37.1 Å². The molecule has 0 bridgehead atoms. The average molecular weight is 196 g/mol. The SMILES string of the molecule is CN[C@H]1CCCC[C@@H]1N(C)C1CCC1. The lowest BCUT2D eigenvalue weighted by atomic mass is 9.85. The van der Waals surface area contributed by atoms with E-state index in [9.17, 15) is 0 Å². The molecule has 0 radical (unpaired) electrons. The van der Waals surface area contributed by atoms with Crippen molar-refractivity contribution in [2.24, 2.45) is 0 Å². The molecule has 2 rings (SSSR count). The number of nitrogens with one attached hydrogen (secondary N) is 1. The Morgan fingerprint density at radius 1 is 1.00 bits per heavy atom. The van der Waals surface area contributed by atoms with Gasteiger partial charge in [0.2, 0.25) is 0 Å². The Balaban J connectivity index is 1.91. The second-order valence-electron chi connectivity index (χ2n) is 5.00. The van der Waals surface area contributed by atoms with Crippen LogP contribution in [0.2, 0.25) is 0 Å². The summed E-state index contributed by atoms with van der Waals surface area (Å²) >= 11 is 0. The van der Waals surface area contributed by atoms with Gasteiger partial charge in [-0.3, -0.25) is 4.90 Å². The molecule has 82 valence electrons. The van der Waals surface area contributed by atoms with Crippen LogP contribution >= 0.6 is 0 Å². The highest BCUT2D eigenvalue weighted by Gasteiger charge is 2.32. The third kappa shape index (κ3) is 1.96. The van der Waals surface area contributed by atoms with Gasteiger partial charge in [-0.05, 0) is 39.8 Å². The van der Waals surface area contributed by atoms with E-state index in [1.165, 1.54) is 44.9 Å². The Labute approximate surface area is 88.1 Å². The highest BCUT2D eigenvalue weighted by molar-refractivity contribution is 4.91. The van der Waals surface area contributed by atoms with Crippen molar-refractivity contribution in [1.82, 2.24) is 10.2 Å². The van der Waals surface area contributed by atoms with Gasteiger partial charge in [0, 0.05) is 18.1 Å². The summed E-state index contributed by atoms with van der Waals surface area (Å²) < 4.78 is 0. The number of rotatable bonds is 3. The summed E-state index contributed by atoms with van der Waals surface area (Å²) in [5.41, 5.74) is 0. The minimum Gasteiger partial charge on any atom is -0.315 e. The van der Waals surface area contributed by atoms with Gasteiger partial charge in [0.25, 0.3) is 0 Å². The molecule has 0 amide bonds. The number of hydrogen-bond acceptors (Lipinski definition) is 2. The van der Waals surface area contributed by atoms with Crippen LogP contribution in [0, 0.1) is 0 Å². The zero-order valence-corrected chi connectivity index (χ0v) is 9.63. The van der Waals surface area contributed by atoms with Crippen LogP contribution in [0.3, 0.4) is 0 Å². The molecule has 0 unspecified atom stereocenters. The second-order valence-corrected chi connectivity index (χ2v) is 5.00. The maximum atomic E-state index is 3.50. The quantitative estimate of drug-likeness (QED) is 0.743. The largest absolute Gasteiger partial charge is 0.315 e. The van der Waals surface area contributed by atoms with E-state index >= 15 is 0 Å².